The van der Waals surface area contributed by atoms with Gasteiger partial charge in [-0.15, -0.1) is 0 Å². The van der Waals surface area contributed by atoms with E-state index in [1.54, 1.807) is 31.2 Å². The second-order valence-corrected chi connectivity index (χ2v) is 6.46. The van der Waals surface area contributed by atoms with Crippen molar-refractivity contribution in [1.29, 1.82) is 0 Å². The average molecular weight is 374 g/mol. The fourth-order valence-corrected chi connectivity index (χ4v) is 2.58. The SMILES string of the molecule is Cc1ccc(OC(C)C(=O)Nc2cccc(C(=O)Nc3ccccc3)c2)cc1. The predicted octanol–water partition coefficient (Wildman–Crippen LogP) is 4.65. The maximum absolute atomic E-state index is 12.4. The van der Waals surface area contributed by atoms with E-state index in [0.29, 0.717) is 22.7 Å². The number of amides is 2. The summed E-state index contributed by atoms with van der Waals surface area (Å²) >= 11 is 0. The lowest BCUT2D eigenvalue weighted by Gasteiger charge is -2.15. The summed E-state index contributed by atoms with van der Waals surface area (Å²) in [5, 5.41) is 5.61. The number of rotatable bonds is 6. The molecule has 3 aromatic carbocycles. The minimum atomic E-state index is -0.676. The van der Waals surface area contributed by atoms with Crippen LogP contribution in [0.15, 0.2) is 78.9 Å². The summed E-state index contributed by atoms with van der Waals surface area (Å²) in [6, 6.07) is 23.5. The van der Waals surface area contributed by atoms with Crippen molar-refractivity contribution in [2.45, 2.75) is 20.0 Å². The summed E-state index contributed by atoms with van der Waals surface area (Å²) < 4.78 is 5.67. The first-order valence-corrected chi connectivity index (χ1v) is 9.02. The Kier molecular flexibility index (Phi) is 6.07. The van der Waals surface area contributed by atoms with Gasteiger partial charge in [-0.1, -0.05) is 42.0 Å². The van der Waals surface area contributed by atoms with E-state index in [0.717, 1.165) is 5.56 Å². The summed E-state index contributed by atoms with van der Waals surface area (Å²) in [4.78, 5) is 24.8. The van der Waals surface area contributed by atoms with Crippen molar-refractivity contribution in [2.75, 3.05) is 10.6 Å². The van der Waals surface area contributed by atoms with Crippen LogP contribution in [0.1, 0.15) is 22.8 Å². The molecule has 0 bridgehead atoms. The maximum Gasteiger partial charge on any atom is 0.265 e. The smallest absolute Gasteiger partial charge is 0.265 e. The predicted molar refractivity (Wildman–Crippen MR) is 111 cm³/mol. The van der Waals surface area contributed by atoms with Crippen molar-refractivity contribution in [1.82, 2.24) is 0 Å². The minimum absolute atomic E-state index is 0.244. The fourth-order valence-electron chi connectivity index (χ4n) is 2.58. The molecule has 0 fully saturated rings. The van der Waals surface area contributed by atoms with Crippen molar-refractivity contribution < 1.29 is 14.3 Å². The Morgan fingerprint density at radius 3 is 2.21 bits per heavy atom. The lowest BCUT2D eigenvalue weighted by atomic mass is 10.1. The van der Waals surface area contributed by atoms with Gasteiger partial charge in [-0.05, 0) is 56.3 Å². The second-order valence-electron chi connectivity index (χ2n) is 6.46. The number of ether oxygens (including phenoxy) is 1. The van der Waals surface area contributed by atoms with Crippen LogP contribution in [0.25, 0.3) is 0 Å². The molecular weight excluding hydrogens is 352 g/mol. The van der Waals surface area contributed by atoms with Crippen LogP contribution >= 0.6 is 0 Å². The van der Waals surface area contributed by atoms with Gasteiger partial charge >= 0.3 is 0 Å². The summed E-state index contributed by atoms with van der Waals surface area (Å²) in [5.41, 5.74) is 2.82. The van der Waals surface area contributed by atoms with Gasteiger partial charge in [0.2, 0.25) is 0 Å². The Labute approximate surface area is 164 Å². The molecule has 0 aromatic heterocycles. The van der Waals surface area contributed by atoms with Crippen molar-refractivity contribution >= 4 is 23.2 Å². The van der Waals surface area contributed by atoms with Gasteiger partial charge in [0, 0.05) is 16.9 Å². The molecule has 0 aliphatic heterocycles. The zero-order chi connectivity index (χ0) is 19.9. The van der Waals surface area contributed by atoms with Gasteiger partial charge in [0.25, 0.3) is 11.8 Å². The highest BCUT2D eigenvalue weighted by molar-refractivity contribution is 6.05. The Bertz CT molecular complexity index is 953. The average Bonchev–Trinajstić information content (AvgIpc) is 2.70. The first kappa shape index (κ1) is 19.2. The molecular formula is C23H22N2O3. The first-order valence-electron chi connectivity index (χ1n) is 9.02. The van der Waals surface area contributed by atoms with E-state index in [2.05, 4.69) is 10.6 Å². The quantitative estimate of drug-likeness (QED) is 0.660. The molecule has 2 N–H and O–H groups in total. The van der Waals surface area contributed by atoms with E-state index in [4.69, 9.17) is 4.74 Å². The topological polar surface area (TPSA) is 67.4 Å². The molecule has 0 heterocycles. The van der Waals surface area contributed by atoms with Crippen LogP contribution in [0.4, 0.5) is 11.4 Å². The number of nitrogens with one attached hydrogen (secondary N) is 2. The summed E-state index contributed by atoms with van der Waals surface area (Å²) in [5.74, 6) is 0.0942. The Morgan fingerprint density at radius 2 is 1.50 bits per heavy atom. The number of benzene rings is 3. The largest absolute Gasteiger partial charge is 0.481 e. The zero-order valence-electron chi connectivity index (χ0n) is 15.8. The standard InChI is InChI=1S/C23H22N2O3/c1-16-11-13-21(14-12-16)28-17(2)22(26)25-20-10-6-7-18(15-20)23(27)24-19-8-4-3-5-9-19/h3-15,17H,1-2H3,(H,24,27)(H,25,26). The van der Waals surface area contributed by atoms with Gasteiger partial charge in [0.05, 0.1) is 0 Å². The van der Waals surface area contributed by atoms with Crippen LogP contribution < -0.4 is 15.4 Å². The van der Waals surface area contributed by atoms with Crippen LogP contribution in [0, 0.1) is 6.92 Å². The van der Waals surface area contributed by atoms with Crippen LogP contribution in [-0.4, -0.2) is 17.9 Å². The first-order chi connectivity index (χ1) is 13.5. The maximum atomic E-state index is 12.4. The lowest BCUT2D eigenvalue weighted by molar-refractivity contribution is -0.122. The van der Waals surface area contributed by atoms with Gasteiger partial charge in [-0.2, -0.15) is 0 Å². The van der Waals surface area contributed by atoms with Crippen molar-refractivity contribution in [3.63, 3.8) is 0 Å². The zero-order valence-corrected chi connectivity index (χ0v) is 15.8. The third-order valence-electron chi connectivity index (χ3n) is 4.13. The molecule has 1 atom stereocenters. The molecule has 5 nitrogen and oxygen atoms in total. The van der Waals surface area contributed by atoms with E-state index in [-0.39, 0.29) is 11.8 Å². The monoisotopic (exact) mass is 374 g/mol. The molecule has 2 amide bonds. The number of carbonyl (C=O) groups is 2. The number of hydrogen-bond donors (Lipinski definition) is 2. The van der Waals surface area contributed by atoms with E-state index in [1.807, 2.05) is 61.5 Å². The Balaban J connectivity index is 1.62. The minimum Gasteiger partial charge on any atom is -0.481 e. The van der Waals surface area contributed by atoms with Gasteiger partial charge in [-0.3, -0.25) is 9.59 Å². The Morgan fingerprint density at radius 1 is 0.821 bits per heavy atom. The van der Waals surface area contributed by atoms with E-state index < -0.39 is 6.10 Å². The van der Waals surface area contributed by atoms with Crippen molar-refractivity contribution in [2.24, 2.45) is 0 Å². The summed E-state index contributed by atoms with van der Waals surface area (Å²) in [6.07, 6.45) is -0.676. The van der Waals surface area contributed by atoms with Crippen molar-refractivity contribution in [3.05, 3.63) is 90.0 Å². The van der Waals surface area contributed by atoms with E-state index >= 15 is 0 Å². The molecule has 142 valence electrons. The third kappa shape index (κ3) is 5.20. The molecule has 0 aliphatic carbocycles. The highest BCUT2D eigenvalue weighted by atomic mass is 16.5. The molecule has 3 aromatic rings. The van der Waals surface area contributed by atoms with E-state index in [1.165, 1.54) is 0 Å². The molecule has 1 unspecified atom stereocenters. The normalized spacial score (nSPS) is 11.4. The molecule has 28 heavy (non-hydrogen) atoms. The number of hydrogen-bond acceptors (Lipinski definition) is 3. The Hall–Kier alpha value is -3.60. The highest BCUT2D eigenvalue weighted by Gasteiger charge is 2.15. The highest BCUT2D eigenvalue weighted by Crippen LogP contribution is 2.16. The number of carbonyl (C=O) groups excluding carboxylic acids is 2. The third-order valence-corrected chi connectivity index (χ3v) is 4.13. The van der Waals surface area contributed by atoms with E-state index in [9.17, 15) is 9.59 Å². The molecule has 0 spiro atoms. The number of para-hydroxylation sites is 1. The second kappa shape index (κ2) is 8.86. The lowest BCUT2D eigenvalue weighted by Crippen LogP contribution is -2.30. The van der Waals surface area contributed by atoms with Gasteiger partial charge in [0.1, 0.15) is 5.75 Å². The summed E-state index contributed by atoms with van der Waals surface area (Å²) in [6.45, 7) is 3.67. The molecule has 0 saturated heterocycles. The molecule has 0 aliphatic rings. The molecule has 0 radical (unpaired) electrons. The van der Waals surface area contributed by atoms with Crippen LogP contribution in [0.2, 0.25) is 0 Å². The van der Waals surface area contributed by atoms with Crippen molar-refractivity contribution in [3.8, 4) is 5.75 Å². The molecule has 5 heteroatoms. The van der Waals surface area contributed by atoms with Crippen LogP contribution in [0.5, 0.6) is 5.75 Å². The fraction of sp³-hybridized carbons (Fsp3) is 0.130. The number of anilines is 2. The molecule has 0 saturated carbocycles. The summed E-state index contributed by atoms with van der Waals surface area (Å²) in [7, 11) is 0. The van der Waals surface area contributed by atoms with Crippen LogP contribution in [-0.2, 0) is 4.79 Å². The number of aryl methyl sites for hydroxylation is 1. The van der Waals surface area contributed by atoms with Crippen LogP contribution in [0.3, 0.4) is 0 Å². The van der Waals surface area contributed by atoms with Gasteiger partial charge in [0.15, 0.2) is 6.10 Å². The van der Waals surface area contributed by atoms with Gasteiger partial charge in [-0.25, -0.2) is 0 Å². The molecule has 3 rings (SSSR count). The van der Waals surface area contributed by atoms with Gasteiger partial charge < -0.3 is 15.4 Å².